The molecule has 0 amide bonds. The predicted octanol–water partition coefficient (Wildman–Crippen LogP) is 1.18. The lowest BCUT2D eigenvalue weighted by Gasteiger charge is -2.11. The second-order valence-corrected chi connectivity index (χ2v) is 2.05. The third kappa shape index (κ3) is 5.11. The number of likely N-dealkylation sites (N-methyl/N-ethyl adjacent to an activating group) is 1. The smallest absolute Gasteiger partial charge is 0.0991 e. The van der Waals surface area contributed by atoms with E-state index in [9.17, 15) is 0 Å². The molecule has 0 atom stereocenters. The van der Waals surface area contributed by atoms with E-state index < -0.39 is 0 Å². The molecule has 2 heteroatoms. The Morgan fingerprint density at radius 3 is 2.67 bits per heavy atom. The molecule has 0 aromatic heterocycles. The molecule has 0 radical (unpaired) electrons. The van der Waals surface area contributed by atoms with Crippen LogP contribution in [0.4, 0.5) is 0 Å². The van der Waals surface area contributed by atoms with E-state index in [1.165, 1.54) is 0 Å². The first-order chi connectivity index (χ1) is 4.16. The van der Waals surface area contributed by atoms with Crippen molar-refractivity contribution in [3.63, 3.8) is 0 Å². The van der Waals surface area contributed by atoms with E-state index in [-0.39, 0.29) is 5.76 Å². The summed E-state index contributed by atoms with van der Waals surface area (Å²) in [6, 6.07) is 0. The molecule has 52 valence electrons. The average molecular weight is 127 g/mol. The van der Waals surface area contributed by atoms with Crippen LogP contribution in [0.25, 0.3) is 0 Å². The number of hydrogen-bond donors (Lipinski definition) is 1. The van der Waals surface area contributed by atoms with Gasteiger partial charge in [-0.3, -0.25) is 4.90 Å². The molecule has 0 unspecified atom stereocenters. The molecule has 0 aliphatic heterocycles. The molecule has 0 heterocycles. The third-order valence-electron chi connectivity index (χ3n) is 0.893. The van der Waals surface area contributed by atoms with E-state index in [0.29, 0.717) is 6.54 Å². The van der Waals surface area contributed by atoms with Crippen LogP contribution in [0, 0.1) is 0 Å². The van der Waals surface area contributed by atoms with Gasteiger partial charge in [0.15, 0.2) is 0 Å². The predicted molar refractivity (Wildman–Crippen MR) is 39.5 cm³/mol. The van der Waals surface area contributed by atoms with Crippen molar-refractivity contribution in [3.8, 4) is 0 Å². The van der Waals surface area contributed by atoms with Crippen molar-refractivity contribution in [2.24, 2.45) is 0 Å². The summed E-state index contributed by atoms with van der Waals surface area (Å²) in [5.41, 5.74) is 0. The fraction of sp³-hybridized carbons (Fsp3) is 0.429. The Labute approximate surface area is 56.1 Å². The summed E-state index contributed by atoms with van der Waals surface area (Å²) in [5.74, 6) is 0.194. The Morgan fingerprint density at radius 2 is 2.33 bits per heavy atom. The average Bonchev–Trinajstić information content (AvgIpc) is 1.63. The van der Waals surface area contributed by atoms with Gasteiger partial charge in [0, 0.05) is 6.54 Å². The van der Waals surface area contributed by atoms with Crippen LogP contribution in [0.3, 0.4) is 0 Å². The maximum Gasteiger partial charge on any atom is 0.0991 e. The normalized spacial score (nSPS) is 9.56. The summed E-state index contributed by atoms with van der Waals surface area (Å²) in [7, 11) is 1.89. The van der Waals surface area contributed by atoms with Crippen LogP contribution in [-0.4, -0.2) is 30.1 Å². The molecule has 0 spiro atoms. The highest BCUT2D eigenvalue weighted by Crippen LogP contribution is 1.87. The zero-order valence-corrected chi connectivity index (χ0v) is 5.80. The minimum absolute atomic E-state index is 0.194. The first kappa shape index (κ1) is 8.24. The van der Waals surface area contributed by atoms with Crippen LogP contribution in [0.5, 0.6) is 0 Å². The van der Waals surface area contributed by atoms with E-state index in [2.05, 4.69) is 13.2 Å². The van der Waals surface area contributed by atoms with E-state index in [1.54, 1.807) is 6.08 Å². The minimum Gasteiger partial charge on any atom is -0.512 e. The first-order valence-electron chi connectivity index (χ1n) is 2.83. The van der Waals surface area contributed by atoms with Gasteiger partial charge in [0.05, 0.1) is 12.3 Å². The van der Waals surface area contributed by atoms with Crippen molar-refractivity contribution in [1.29, 1.82) is 0 Å². The van der Waals surface area contributed by atoms with Crippen molar-refractivity contribution in [3.05, 3.63) is 25.0 Å². The molecule has 0 rings (SSSR count). The van der Waals surface area contributed by atoms with Gasteiger partial charge in [-0.1, -0.05) is 12.7 Å². The molecule has 0 aromatic carbocycles. The molecule has 0 aliphatic rings. The zero-order valence-electron chi connectivity index (χ0n) is 5.80. The van der Waals surface area contributed by atoms with Crippen molar-refractivity contribution >= 4 is 0 Å². The SMILES string of the molecule is C=CCN(C)CC(=C)O. The van der Waals surface area contributed by atoms with Crippen molar-refractivity contribution in [1.82, 2.24) is 4.90 Å². The minimum atomic E-state index is 0.194. The Balaban J connectivity index is 3.37. The van der Waals surface area contributed by atoms with E-state index in [0.717, 1.165) is 6.54 Å². The van der Waals surface area contributed by atoms with Crippen LogP contribution >= 0.6 is 0 Å². The van der Waals surface area contributed by atoms with Crippen LogP contribution in [-0.2, 0) is 0 Å². The second kappa shape index (κ2) is 4.15. The highest BCUT2D eigenvalue weighted by Gasteiger charge is 1.94. The quantitative estimate of drug-likeness (QED) is 0.452. The number of nitrogens with zero attached hydrogens (tertiary/aromatic N) is 1. The molecule has 1 N–H and O–H groups in total. The summed E-state index contributed by atoms with van der Waals surface area (Å²) in [6.07, 6.45) is 1.78. The number of aliphatic hydroxyl groups excluding tert-OH is 1. The second-order valence-electron chi connectivity index (χ2n) is 2.05. The Bertz CT molecular complexity index is 109. The summed E-state index contributed by atoms with van der Waals surface area (Å²) in [5, 5.41) is 8.68. The van der Waals surface area contributed by atoms with Gasteiger partial charge in [0.25, 0.3) is 0 Å². The lowest BCUT2D eigenvalue weighted by molar-refractivity contribution is 0.310. The standard InChI is InChI=1S/C7H13NO/c1-4-5-8(3)6-7(2)9/h4,9H,1-2,5-6H2,3H3. The lowest BCUT2D eigenvalue weighted by atomic mass is 10.4. The molecule has 0 aliphatic carbocycles. The van der Waals surface area contributed by atoms with E-state index >= 15 is 0 Å². The lowest BCUT2D eigenvalue weighted by Crippen LogP contribution is -2.20. The third-order valence-corrected chi connectivity index (χ3v) is 0.893. The van der Waals surface area contributed by atoms with E-state index in [1.807, 2.05) is 11.9 Å². The maximum absolute atomic E-state index is 8.68. The maximum atomic E-state index is 8.68. The number of aliphatic hydroxyl groups is 1. The molecule has 0 bridgehead atoms. The molecule has 2 nitrogen and oxygen atoms in total. The Morgan fingerprint density at radius 1 is 1.78 bits per heavy atom. The van der Waals surface area contributed by atoms with Crippen LogP contribution in [0.15, 0.2) is 25.0 Å². The van der Waals surface area contributed by atoms with Crippen LogP contribution in [0.1, 0.15) is 0 Å². The van der Waals surface area contributed by atoms with Gasteiger partial charge in [-0.25, -0.2) is 0 Å². The summed E-state index contributed by atoms with van der Waals surface area (Å²) in [4.78, 5) is 1.91. The summed E-state index contributed by atoms with van der Waals surface area (Å²) in [6.45, 7) is 8.21. The molecule has 0 fully saturated rings. The van der Waals surface area contributed by atoms with Gasteiger partial charge in [-0.05, 0) is 7.05 Å². The first-order valence-corrected chi connectivity index (χ1v) is 2.83. The van der Waals surface area contributed by atoms with Crippen molar-refractivity contribution in [2.45, 2.75) is 0 Å². The van der Waals surface area contributed by atoms with Gasteiger partial charge < -0.3 is 5.11 Å². The molecular formula is C7H13NO. The fourth-order valence-corrected chi connectivity index (χ4v) is 0.597. The molecule has 0 saturated heterocycles. The van der Waals surface area contributed by atoms with Crippen LogP contribution in [0.2, 0.25) is 0 Å². The van der Waals surface area contributed by atoms with Gasteiger partial charge >= 0.3 is 0 Å². The monoisotopic (exact) mass is 127 g/mol. The number of rotatable bonds is 4. The van der Waals surface area contributed by atoms with E-state index in [4.69, 9.17) is 5.11 Å². The highest BCUT2D eigenvalue weighted by molar-refractivity contribution is 4.84. The summed E-state index contributed by atoms with van der Waals surface area (Å²) < 4.78 is 0. The van der Waals surface area contributed by atoms with Crippen molar-refractivity contribution in [2.75, 3.05) is 20.1 Å². The van der Waals surface area contributed by atoms with Gasteiger partial charge in [0.2, 0.25) is 0 Å². The van der Waals surface area contributed by atoms with Gasteiger partial charge in [-0.2, -0.15) is 0 Å². The van der Waals surface area contributed by atoms with Crippen LogP contribution < -0.4 is 0 Å². The largest absolute Gasteiger partial charge is 0.512 e. The fourth-order valence-electron chi connectivity index (χ4n) is 0.597. The topological polar surface area (TPSA) is 23.5 Å². The number of hydrogen-bond acceptors (Lipinski definition) is 2. The molecular weight excluding hydrogens is 114 g/mol. The highest BCUT2D eigenvalue weighted by atomic mass is 16.3. The molecule has 0 saturated carbocycles. The van der Waals surface area contributed by atoms with Gasteiger partial charge in [-0.15, -0.1) is 6.58 Å². The summed E-state index contributed by atoms with van der Waals surface area (Å²) >= 11 is 0. The molecule has 0 aromatic rings. The zero-order chi connectivity index (χ0) is 7.28. The molecule has 9 heavy (non-hydrogen) atoms. The Hall–Kier alpha value is -0.760. The van der Waals surface area contributed by atoms with Gasteiger partial charge in [0.1, 0.15) is 0 Å². The Kier molecular flexibility index (Phi) is 3.80. The van der Waals surface area contributed by atoms with Crippen molar-refractivity contribution < 1.29 is 5.11 Å².